The van der Waals surface area contributed by atoms with E-state index in [1.807, 2.05) is 18.2 Å². The molecule has 0 amide bonds. The highest BCUT2D eigenvalue weighted by Crippen LogP contribution is 2.28. The molecule has 0 radical (unpaired) electrons. The van der Waals surface area contributed by atoms with Crippen LogP contribution in [0.5, 0.6) is 5.75 Å². The number of nitrogens with zero attached hydrogens (tertiary/aromatic N) is 2. The van der Waals surface area contributed by atoms with Crippen LogP contribution in [0.15, 0.2) is 29.1 Å². The van der Waals surface area contributed by atoms with E-state index in [4.69, 9.17) is 16.3 Å². The van der Waals surface area contributed by atoms with Crippen molar-refractivity contribution in [3.05, 3.63) is 41.0 Å². The molecule has 1 aliphatic carbocycles. The molecule has 1 heterocycles. The second-order valence-corrected chi connectivity index (χ2v) is 4.92. The average Bonchev–Trinajstić information content (AvgIpc) is 3.09. The van der Waals surface area contributed by atoms with Crippen molar-refractivity contribution in [3.8, 4) is 5.75 Å². The van der Waals surface area contributed by atoms with Crippen molar-refractivity contribution in [2.75, 3.05) is 0 Å². The van der Waals surface area contributed by atoms with Gasteiger partial charge in [0.05, 0.1) is 0 Å². The second-order valence-electron chi connectivity index (χ2n) is 4.51. The molecule has 3 rings (SSSR count). The molecular formula is C13H14ClN3O2. The van der Waals surface area contributed by atoms with E-state index in [2.05, 4.69) is 20.0 Å². The summed E-state index contributed by atoms with van der Waals surface area (Å²) < 4.78 is 10.4. The predicted octanol–water partition coefficient (Wildman–Crippen LogP) is 2.55. The minimum Gasteiger partial charge on any atom is -0.485 e. The lowest BCUT2D eigenvalue weighted by atomic mass is 10.2. The maximum Gasteiger partial charge on any atom is 0.213 e. The van der Waals surface area contributed by atoms with Gasteiger partial charge < -0.3 is 14.6 Å². The van der Waals surface area contributed by atoms with Gasteiger partial charge in [0, 0.05) is 23.2 Å². The first kappa shape index (κ1) is 12.4. The zero-order valence-corrected chi connectivity index (χ0v) is 11.1. The standard InChI is InChI=1S/C13H14ClN3O2/c14-11-2-1-3-12(10(11)6-15-9-4-5-9)18-7-13-16-8-19-17-13/h1-3,8-9,15H,4-7H2. The molecule has 5 nitrogen and oxygen atoms in total. The SMILES string of the molecule is Clc1cccc(OCc2ncon2)c1CNC1CC1. The van der Waals surface area contributed by atoms with Gasteiger partial charge in [0.15, 0.2) is 6.61 Å². The van der Waals surface area contributed by atoms with Gasteiger partial charge in [-0.15, -0.1) is 0 Å². The number of hydrogen-bond acceptors (Lipinski definition) is 5. The summed E-state index contributed by atoms with van der Waals surface area (Å²) in [6, 6.07) is 6.26. The second kappa shape index (κ2) is 5.59. The van der Waals surface area contributed by atoms with Gasteiger partial charge >= 0.3 is 0 Å². The molecule has 1 aromatic heterocycles. The quantitative estimate of drug-likeness (QED) is 0.880. The van der Waals surface area contributed by atoms with Gasteiger partial charge in [0.2, 0.25) is 12.2 Å². The molecule has 0 bridgehead atoms. The van der Waals surface area contributed by atoms with Crippen molar-refractivity contribution in [2.45, 2.75) is 32.0 Å². The van der Waals surface area contributed by atoms with E-state index in [-0.39, 0.29) is 6.61 Å². The third kappa shape index (κ3) is 3.24. The van der Waals surface area contributed by atoms with E-state index in [0.29, 0.717) is 23.4 Å². The lowest BCUT2D eigenvalue weighted by Crippen LogP contribution is -2.16. The fourth-order valence-electron chi connectivity index (χ4n) is 1.78. The summed E-state index contributed by atoms with van der Waals surface area (Å²) in [4.78, 5) is 3.92. The molecule has 1 aliphatic rings. The fourth-order valence-corrected chi connectivity index (χ4v) is 2.01. The Bertz CT molecular complexity index is 541. The molecule has 19 heavy (non-hydrogen) atoms. The van der Waals surface area contributed by atoms with E-state index in [1.54, 1.807) is 0 Å². The highest BCUT2D eigenvalue weighted by molar-refractivity contribution is 6.31. The summed E-state index contributed by atoms with van der Waals surface area (Å²) in [5, 5.41) is 7.85. The largest absolute Gasteiger partial charge is 0.485 e. The Kier molecular flexibility index (Phi) is 3.66. The number of hydrogen-bond donors (Lipinski definition) is 1. The average molecular weight is 280 g/mol. The molecule has 1 fully saturated rings. The Balaban J connectivity index is 1.69. The predicted molar refractivity (Wildman–Crippen MR) is 69.9 cm³/mol. The molecular weight excluding hydrogens is 266 g/mol. The topological polar surface area (TPSA) is 60.2 Å². The van der Waals surface area contributed by atoms with Crippen molar-refractivity contribution in [1.82, 2.24) is 15.5 Å². The molecule has 0 saturated heterocycles. The maximum atomic E-state index is 6.22. The van der Waals surface area contributed by atoms with Gasteiger partial charge in [-0.25, -0.2) is 0 Å². The van der Waals surface area contributed by atoms with Crippen LogP contribution in [0.25, 0.3) is 0 Å². The first-order valence-electron chi connectivity index (χ1n) is 6.22. The van der Waals surface area contributed by atoms with Crippen LogP contribution in [-0.2, 0) is 13.2 Å². The molecule has 0 unspecified atom stereocenters. The van der Waals surface area contributed by atoms with Crippen LogP contribution in [0.3, 0.4) is 0 Å². The molecule has 0 atom stereocenters. The molecule has 100 valence electrons. The molecule has 2 aromatic rings. The first-order valence-corrected chi connectivity index (χ1v) is 6.59. The summed E-state index contributed by atoms with van der Waals surface area (Å²) in [6.45, 7) is 0.985. The Hall–Kier alpha value is -1.59. The van der Waals surface area contributed by atoms with Crippen molar-refractivity contribution >= 4 is 11.6 Å². The van der Waals surface area contributed by atoms with Crippen LogP contribution in [-0.4, -0.2) is 16.2 Å². The minimum absolute atomic E-state index is 0.271. The van der Waals surface area contributed by atoms with Gasteiger partial charge in [-0.1, -0.05) is 22.8 Å². The van der Waals surface area contributed by atoms with Gasteiger partial charge in [-0.05, 0) is 25.0 Å². The Morgan fingerprint density at radius 1 is 1.42 bits per heavy atom. The van der Waals surface area contributed by atoms with Crippen LogP contribution in [0, 0.1) is 0 Å². The van der Waals surface area contributed by atoms with Crippen molar-refractivity contribution in [2.24, 2.45) is 0 Å². The first-order chi connectivity index (χ1) is 9.33. The van der Waals surface area contributed by atoms with Gasteiger partial charge in [-0.2, -0.15) is 4.98 Å². The van der Waals surface area contributed by atoms with Crippen LogP contribution in [0.2, 0.25) is 5.02 Å². The summed E-state index contributed by atoms with van der Waals surface area (Å²) in [6.07, 6.45) is 3.76. The normalized spacial score (nSPS) is 14.6. The zero-order chi connectivity index (χ0) is 13.1. The third-order valence-electron chi connectivity index (χ3n) is 2.98. The van der Waals surface area contributed by atoms with Crippen LogP contribution in [0.1, 0.15) is 24.2 Å². The van der Waals surface area contributed by atoms with E-state index >= 15 is 0 Å². The third-order valence-corrected chi connectivity index (χ3v) is 3.34. The zero-order valence-electron chi connectivity index (χ0n) is 10.3. The monoisotopic (exact) mass is 279 g/mol. The molecule has 1 aromatic carbocycles. The number of halogens is 1. The lowest BCUT2D eigenvalue weighted by molar-refractivity contribution is 0.283. The Morgan fingerprint density at radius 3 is 3.05 bits per heavy atom. The van der Waals surface area contributed by atoms with Gasteiger partial charge in [-0.3, -0.25) is 0 Å². The van der Waals surface area contributed by atoms with Crippen molar-refractivity contribution in [3.63, 3.8) is 0 Å². The van der Waals surface area contributed by atoms with Crippen molar-refractivity contribution < 1.29 is 9.26 Å². The molecule has 1 N–H and O–H groups in total. The van der Waals surface area contributed by atoms with Gasteiger partial charge in [0.1, 0.15) is 5.75 Å². The van der Waals surface area contributed by atoms with E-state index < -0.39 is 0 Å². The van der Waals surface area contributed by atoms with Gasteiger partial charge in [0.25, 0.3) is 0 Å². The van der Waals surface area contributed by atoms with Crippen LogP contribution in [0.4, 0.5) is 0 Å². The Labute approximate surface area is 115 Å². The van der Waals surface area contributed by atoms with Crippen molar-refractivity contribution in [1.29, 1.82) is 0 Å². The summed E-state index contributed by atoms with van der Waals surface area (Å²) >= 11 is 6.22. The number of benzene rings is 1. The summed E-state index contributed by atoms with van der Waals surface area (Å²) in [5.74, 6) is 1.27. The summed E-state index contributed by atoms with van der Waals surface area (Å²) in [5.41, 5.74) is 0.972. The van der Waals surface area contributed by atoms with E-state index in [1.165, 1.54) is 19.2 Å². The maximum absolute atomic E-state index is 6.22. The highest BCUT2D eigenvalue weighted by atomic mass is 35.5. The highest BCUT2D eigenvalue weighted by Gasteiger charge is 2.21. The van der Waals surface area contributed by atoms with Crippen LogP contribution < -0.4 is 10.1 Å². The number of nitrogens with one attached hydrogen (secondary N) is 1. The smallest absolute Gasteiger partial charge is 0.213 e. The molecule has 0 spiro atoms. The van der Waals surface area contributed by atoms with E-state index in [0.717, 1.165) is 11.3 Å². The van der Waals surface area contributed by atoms with Crippen LogP contribution >= 0.6 is 11.6 Å². The fraction of sp³-hybridized carbons (Fsp3) is 0.385. The number of ether oxygens (including phenoxy) is 1. The minimum atomic E-state index is 0.271. The summed E-state index contributed by atoms with van der Waals surface area (Å²) in [7, 11) is 0. The molecule has 6 heteroatoms. The van der Waals surface area contributed by atoms with E-state index in [9.17, 15) is 0 Å². The molecule has 0 aliphatic heterocycles. The Morgan fingerprint density at radius 2 is 2.32 bits per heavy atom. The molecule has 1 saturated carbocycles. The number of aromatic nitrogens is 2. The lowest BCUT2D eigenvalue weighted by Gasteiger charge is -2.12. The number of rotatable bonds is 6.